The van der Waals surface area contributed by atoms with Crippen LogP contribution in [0.3, 0.4) is 0 Å². The fourth-order valence-electron chi connectivity index (χ4n) is 1.71. The molecule has 0 bridgehead atoms. The van der Waals surface area contributed by atoms with Gasteiger partial charge in [-0.05, 0) is 26.3 Å². The van der Waals surface area contributed by atoms with Crippen LogP contribution in [0.15, 0.2) is 16.9 Å². The second-order valence-corrected chi connectivity index (χ2v) is 7.95. The predicted octanol–water partition coefficient (Wildman–Crippen LogP) is -0.0390. The highest BCUT2D eigenvalue weighted by Crippen LogP contribution is 2.24. The lowest BCUT2D eigenvalue weighted by molar-refractivity contribution is 0.248. The molecule has 0 amide bonds. The molecule has 0 aliphatic rings. The van der Waals surface area contributed by atoms with Crippen molar-refractivity contribution < 1.29 is 30.7 Å². The van der Waals surface area contributed by atoms with E-state index in [9.17, 15) is 26.7 Å². The maximum Gasteiger partial charge on any atom is 0.398 e. The summed E-state index contributed by atoms with van der Waals surface area (Å²) in [6.45, 7) is 3.50. The molecule has 2 N–H and O–H groups in total. The second-order valence-electron chi connectivity index (χ2n) is 4.38. The SMILES string of the molecule is Cc1cc(O)n(C(C)S(=O)(=O)C(C)OS(=O)(=O)O)c(=O)c1. The van der Waals surface area contributed by atoms with E-state index in [1.807, 2.05) is 0 Å². The minimum absolute atomic E-state index is 0.431. The first-order valence-corrected chi connectivity index (χ1v) is 8.64. The van der Waals surface area contributed by atoms with Gasteiger partial charge in [0.1, 0.15) is 5.37 Å². The molecule has 2 unspecified atom stereocenters. The number of hydrogen-bond acceptors (Lipinski definition) is 7. The molecule has 9 nitrogen and oxygen atoms in total. The van der Waals surface area contributed by atoms with Gasteiger partial charge in [0.15, 0.2) is 21.2 Å². The summed E-state index contributed by atoms with van der Waals surface area (Å²) in [5, 5.41) is 8.12. The number of aromatic nitrogens is 1. The van der Waals surface area contributed by atoms with E-state index in [4.69, 9.17) is 4.55 Å². The van der Waals surface area contributed by atoms with Gasteiger partial charge >= 0.3 is 10.4 Å². The smallest absolute Gasteiger partial charge is 0.398 e. The Morgan fingerprint density at radius 3 is 2.14 bits per heavy atom. The van der Waals surface area contributed by atoms with E-state index in [1.54, 1.807) is 0 Å². The molecule has 1 aromatic heterocycles. The molecule has 120 valence electrons. The minimum atomic E-state index is -4.98. The third-order valence-electron chi connectivity index (χ3n) is 2.75. The van der Waals surface area contributed by atoms with Crippen LogP contribution in [0.5, 0.6) is 5.88 Å². The van der Waals surface area contributed by atoms with E-state index in [-0.39, 0.29) is 0 Å². The maximum atomic E-state index is 12.1. The molecule has 0 aliphatic heterocycles. The van der Waals surface area contributed by atoms with Crippen molar-refractivity contribution in [1.29, 1.82) is 0 Å². The monoisotopic (exact) mass is 341 g/mol. The van der Waals surface area contributed by atoms with Gasteiger partial charge in [-0.3, -0.25) is 13.9 Å². The van der Waals surface area contributed by atoms with E-state index in [0.717, 1.165) is 19.9 Å². The van der Waals surface area contributed by atoms with Crippen LogP contribution in [-0.4, -0.2) is 36.5 Å². The van der Waals surface area contributed by atoms with Gasteiger partial charge in [0.2, 0.25) is 0 Å². The van der Waals surface area contributed by atoms with Crippen molar-refractivity contribution in [3.05, 3.63) is 28.0 Å². The summed E-state index contributed by atoms with van der Waals surface area (Å²) in [7, 11) is -9.32. The Morgan fingerprint density at radius 2 is 1.71 bits per heavy atom. The zero-order valence-corrected chi connectivity index (χ0v) is 13.1. The van der Waals surface area contributed by atoms with Crippen molar-refractivity contribution in [3.8, 4) is 5.88 Å². The quantitative estimate of drug-likeness (QED) is 0.711. The summed E-state index contributed by atoms with van der Waals surface area (Å²) in [4.78, 5) is 11.8. The Labute approximate surface area is 121 Å². The molecule has 0 saturated heterocycles. The van der Waals surface area contributed by atoms with Gasteiger partial charge in [-0.15, -0.1) is 0 Å². The zero-order valence-electron chi connectivity index (χ0n) is 11.4. The summed E-state index contributed by atoms with van der Waals surface area (Å²) in [6, 6.07) is 2.29. The average molecular weight is 341 g/mol. The van der Waals surface area contributed by atoms with Crippen molar-refractivity contribution in [1.82, 2.24) is 4.57 Å². The Hall–Kier alpha value is -1.43. The van der Waals surface area contributed by atoms with Crippen molar-refractivity contribution in [2.45, 2.75) is 31.6 Å². The molecule has 2 atom stereocenters. The molecule has 21 heavy (non-hydrogen) atoms. The number of hydrogen-bond donors (Lipinski definition) is 2. The number of nitrogens with zero attached hydrogens (tertiary/aromatic N) is 1. The summed E-state index contributed by atoms with van der Waals surface area (Å²) in [6.07, 6.45) is 0. The van der Waals surface area contributed by atoms with E-state index in [1.165, 1.54) is 13.0 Å². The molecule has 1 heterocycles. The Bertz CT molecular complexity index is 793. The third-order valence-corrected chi connectivity index (χ3v) is 5.59. The van der Waals surface area contributed by atoms with Crippen molar-refractivity contribution in [2.24, 2.45) is 0 Å². The number of aromatic hydroxyl groups is 1. The van der Waals surface area contributed by atoms with Crippen molar-refractivity contribution >= 4 is 20.2 Å². The summed E-state index contributed by atoms with van der Waals surface area (Å²) in [5.41, 5.74) is -2.28. The molecule has 0 fully saturated rings. The highest BCUT2D eigenvalue weighted by atomic mass is 32.3. The van der Waals surface area contributed by atoms with Crippen LogP contribution in [-0.2, 0) is 24.4 Å². The van der Waals surface area contributed by atoms with Gasteiger partial charge < -0.3 is 5.11 Å². The number of rotatable bonds is 5. The Kier molecular flexibility index (Phi) is 4.83. The molecule has 1 aromatic rings. The molecular formula is C10H15NO8S2. The van der Waals surface area contributed by atoms with Crippen LogP contribution in [0.1, 0.15) is 24.8 Å². The number of pyridine rings is 1. The lowest BCUT2D eigenvalue weighted by Crippen LogP contribution is -2.34. The number of sulfone groups is 1. The molecule has 0 aliphatic carbocycles. The topological polar surface area (TPSA) is 140 Å². The molecule has 0 radical (unpaired) electrons. The fraction of sp³-hybridized carbons (Fsp3) is 0.500. The Morgan fingerprint density at radius 1 is 1.19 bits per heavy atom. The number of aryl methyl sites for hydroxylation is 1. The first-order chi connectivity index (χ1) is 9.36. The maximum absolute atomic E-state index is 12.1. The fourth-order valence-corrected chi connectivity index (χ4v) is 3.85. The molecular weight excluding hydrogens is 326 g/mol. The van der Waals surface area contributed by atoms with E-state index in [2.05, 4.69) is 4.18 Å². The lowest BCUT2D eigenvalue weighted by Gasteiger charge is -2.20. The molecule has 11 heteroatoms. The first kappa shape index (κ1) is 17.6. The highest BCUT2D eigenvalue weighted by Gasteiger charge is 2.34. The van der Waals surface area contributed by atoms with Crippen molar-refractivity contribution in [3.63, 3.8) is 0 Å². The first-order valence-electron chi connectivity index (χ1n) is 5.67. The summed E-state index contributed by atoms with van der Waals surface area (Å²) < 4.78 is 58.5. The standard InChI is InChI=1S/C10H15NO8S2/c1-6-4-9(12)11(10(13)5-6)7(2)20(14,15)8(3)19-21(16,17)18/h4-5,7-8,12H,1-3H3,(H,16,17,18). The molecule has 1 rings (SSSR count). The van der Waals surface area contributed by atoms with Gasteiger partial charge in [0.05, 0.1) is 0 Å². The van der Waals surface area contributed by atoms with Crippen LogP contribution >= 0.6 is 0 Å². The zero-order chi connectivity index (χ0) is 16.6. The molecule has 0 spiro atoms. The third kappa shape index (κ3) is 4.03. The highest BCUT2D eigenvalue weighted by molar-refractivity contribution is 7.92. The molecule has 0 aromatic carbocycles. The van der Waals surface area contributed by atoms with Crippen LogP contribution in [0.4, 0.5) is 0 Å². The van der Waals surface area contributed by atoms with Gasteiger partial charge in [-0.2, -0.15) is 8.42 Å². The molecule has 0 saturated carbocycles. The van der Waals surface area contributed by atoms with Crippen LogP contribution in [0.25, 0.3) is 0 Å². The van der Waals surface area contributed by atoms with Crippen LogP contribution in [0.2, 0.25) is 0 Å². The van der Waals surface area contributed by atoms with Crippen LogP contribution in [0, 0.1) is 6.92 Å². The lowest BCUT2D eigenvalue weighted by atomic mass is 10.3. The van der Waals surface area contributed by atoms with Gasteiger partial charge in [-0.25, -0.2) is 12.6 Å². The summed E-state index contributed by atoms with van der Waals surface area (Å²) >= 11 is 0. The van der Waals surface area contributed by atoms with Crippen molar-refractivity contribution in [2.75, 3.05) is 0 Å². The predicted molar refractivity (Wildman–Crippen MR) is 72.8 cm³/mol. The normalized spacial score (nSPS) is 15.6. The average Bonchev–Trinajstić information content (AvgIpc) is 2.24. The van der Waals surface area contributed by atoms with Gasteiger partial charge in [0, 0.05) is 12.1 Å². The Balaban J connectivity index is 3.31. The largest absolute Gasteiger partial charge is 0.494 e. The van der Waals surface area contributed by atoms with E-state index >= 15 is 0 Å². The second kappa shape index (κ2) is 5.75. The minimum Gasteiger partial charge on any atom is -0.494 e. The van der Waals surface area contributed by atoms with Gasteiger partial charge in [-0.1, -0.05) is 0 Å². The van der Waals surface area contributed by atoms with E-state index in [0.29, 0.717) is 10.1 Å². The van der Waals surface area contributed by atoms with E-state index < -0.39 is 42.5 Å². The van der Waals surface area contributed by atoms with Crippen LogP contribution < -0.4 is 5.56 Å². The van der Waals surface area contributed by atoms with Gasteiger partial charge in [0.25, 0.3) is 5.56 Å². The summed E-state index contributed by atoms with van der Waals surface area (Å²) in [5.74, 6) is -0.588.